The predicted octanol–water partition coefficient (Wildman–Crippen LogP) is 4.59. The number of carboxylic acids is 1. The largest absolute Gasteiger partial charge is 0.478 e. The SMILES string of the molecule is Cc1ccc(CCC(=O)Nc2sc3c(c2C(=O)O)CCCCC3)cc1. The number of thiophene rings is 1. The minimum atomic E-state index is -0.937. The van der Waals surface area contributed by atoms with Crippen LogP contribution in [0.15, 0.2) is 24.3 Å². The van der Waals surface area contributed by atoms with Crippen LogP contribution >= 0.6 is 11.3 Å². The van der Waals surface area contributed by atoms with Gasteiger partial charge in [-0.2, -0.15) is 0 Å². The van der Waals surface area contributed by atoms with Crippen LogP contribution in [0, 0.1) is 6.92 Å². The van der Waals surface area contributed by atoms with Gasteiger partial charge in [-0.15, -0.1) is 11.3 Å². The van der Waals surface area contributed by atoms with Crippen molar-refractivity contribution in [3.05, 3.63) is 51.4 Å². The van der Waals surface area contributed by atoms with Crippen LogP contribution in [0.4, 0.5) is 5.00 Å². The van der Waals surface area contributed by atoms with Gasteiger partial charge >= 0.3 is 5.97 Å². The molecule has 1 aliphatic rings. The van der Waals surface area contributed by atoms with Crippen molar-refractivity contribution in [2.45, 2.75) is 51.9 Å². The van der Waals surface area contributed by atoms with Gasteiger partial charge in [0.1, 0.15) is 5.00 Å². The molecule has 1 aliphatic carbocycles. The van der Waals surface area contributed by atoms with Gasteiger partial charge in [0, 0.05) is 11.3 Å². The minimum absolute atomic E-state index is 0.125. The van der Waals surface area contributed by atoms with E-state index in [4.69, 9.17) is 0 Å². The molecule has 2 aromatic rings. The number of carbonyl (C=O) groups excluding carboxylic acids is 1. The van der Waals surface area contributed by atoms with E-state index in [2.05, 4.69) is 5.32 Å². The maximum atomic E-state index is 12.3. The van der Waals surface area contributed by atoms with E-state index in [-0.39, 0.29) is 5.91 Å². The van der Waals surface area contributed by atoms with Gasteiger partial charge in [-0.3, -0.25) is 4.79 Å². The summed E-state index contributed by atoms with van der Waals surface area (Å²) in [4.78, 5) is 25.2. The lowest BCUT2D eigenvalue weighted by Gasteiger charge is -2.06. The molecule has 0 bridgehead atoms. The number of rotatable bonds is 5. The van der Waals surface area contributed by atoms with Crippen LogP contribution in [-0.2, 0) is 24.1 Å². The van der Waals surface area contributed by atoms with Gasteiger partial charge in [0.05, 0.1) is 5.56 Å². The monoisotopic (exact) mass is 357 g/mol. The first-order valence-electron chi connectivity index (χ1n) is 8.78. The molecule has 25 heavy (non-hydrogen) atoms. The van der Waals surface area contributed by atoms with Crippen LogP contribution in [0.2, 0.25) is 0 Å². The van der Waals surface area contributed by atoms with Gasteiger partial charge in [-0.05, 0) is 50.2 Å². The molecule has 4 nitrogen and oxygen atoms in total. The standard InChI is InChI=1S/C20H23NO3S/c1-13-7-9-14(10-8-13)11-12-17(22)21-19-18(20(23)24)15-5-3-2-4-6-16(15)25-19/h7-10H,2-6,11-12H2,1H3,(H,21,22)(H,23,24). The Labute approximate surface area is 151 Å². The molecule has 1 aromatic heterocycles. The molecule has 0 saturated carbocycles. The van der Waals surface area contributed by atoms with Crippen LogP contribution in [0.3, 0.4) is 0 Å². The van der Waals surface area contributed by atoms with Crippen LogP contribution < -0.4 is 5.32 Å². The molecule has 1 aromatic carbocycles. The summed E-state index contributed by atoms with van der Waals surface area (Å²) < 4.78 is 0. The molecule has 0 fully saturated rings. The van der Waals surface area contributed by atoms with Crippen LogP contribution in [0.5, 0.6) is 0 Å². The van der Waals surface area contributed by atoms with Gasteiger partial charge < -0.3 is 10.4 Å². The lowest BCUT2D eigenvalue weighted by molar-refractivity contribution is -0.116. The number of carboxylic acid groups (broad SMARTS) is 1. The quantitative estimate of drug-likeness (QED) is 0.769. The maximum Gasteiger partial charge on any atom is 0.339 e. The number of carbonyl (C=O) groups is 2. The zero-order valence-electron chi connectivity index (χ0n) is 14.4. The zero-order chi connectivity index (χ0) is 17.8. The average Bonchev–Trinajstić information content (AvgIpc) is 2.75. The molecule has 0 aliphatic heterocycles. The average molecular weight is 357 g/mol. The number of amides is 1. The van der Waals surface area contributed by atoms with Crippen molar-refractivity contribution in [2.75, 3.05) is 5.32 Å². The smallest absolute Gasteiger partial charge is 0.339 e. The second kappa shape index (κ2) is 7.83. The van der Waals surface area contributed by atoms with Crippen molar-refractivity contribution in [3.8, 4) is 0 Å². The number of anilines is 1. The molecule has 5 heteroatoms. The van der Waals surface area contributed by atoms with E-state index in [1.807, 2.05) is 31.2 Å². The number of aryl methyl sites for hydroxylation is 3. The van der Waals surface area contributed by atoms with Crippen molar-refractivity contribution >= 4 is 28.2 Å². The second-order valence-electron chi connectivity index (χ2n) is 6.61. The Morgan fingerprint density at radius 1 is 1.12 bits per heavy atom. The zero-order valence-corrected chi connectivity index (χ0v) is 15.2. The summed E-state index contributed by atoms with van der Waals surface area (Å²) >= 11 is 1.44. The second-order valence-corrected chi connectivity index (χ2v) is 7.71. The summed E-state index contributed by atoms with van der Waals surface area (Å²) in [6.45, 7) is 2.03. The first-order chi connectivity index (χ1) is 12.0. The third kappa shape index (κ3) is 4.28. The van der Waals surface area contributed by atoms with E-state index in [1.54, 1.807) is 0 Å². The Kier molecular flexibility index (Phi) is 5.53. The summed E-state index contributed by atoms with van der Waals surface area (Å²) in [7, 11) is 0. The van der Waals surface area contributed by atoms with Gasteiger partial charge in [-0.25, -0.2) is 4.79 Å². The molecule has 132 valence electrons. The van der Waals surface area contributed by atoms with Crippen LogP contribution in [-0.4, -0.2) is 17.0 Å². The summed E-state index contributed by atoms with van der Waals surface area (Å²) in [5.41, 5.74) is 3.55. The van der Waals surface area contributed by atoms with E-state index < -0.39 is 5.97 Å². The third-order valence-corrected chi connectivity index (χ3v) is 5.86. The highest BCUT2D eigenvalue weighted by atomic mass is 32.1. The number of benzene rings is 1. The molecule has 0 spiro atoms. The van der Waals surface area contributed by atoms with Gasteiger partial charge in [0.2, 0.25) is 5.91 Å². The molecule has 2 N–H and O–H groups in total. The molecule has 1 amide bonds. The summed E-state index contributed by atoms with van der Waals surface area (Å²) in [6.07, 6.45) is 5.97. The Morgan fingerprint density at radius 3 is 2.56 bits per heavy atom. The molecule has 3 rings (SSSR count). The first kappa shape index (κ1) is 17.7. The number of fused-ring (bicyclic) bond motifs is 1. The Balaban J connectivity index is 1.70. The number of hydrogen-bond donors (Lipinski definition) is 2. The fraction of sp³-hybridized carbons (Fsp3) is 0.400. The topological polar surface area (TPSA) is 66.4 Å². The predicted molar refractivity (Wildman–Crippen MR) is 101 cm³/mol. The molecular formula is C20H23NO3S. The summed E-state index contributed by atoms with van der Waals surface area (Å²) in [6, 6.07) is 8.12. The minimum Gasteiger partial charge on any atom is -0.478 e. The fourth-order valence-corrected chi connectivity index (χ4v) is 4.56. The Morgan fingerprint density at radius 2 is 1.84 bits per heavy atom. The summed E-state index contributed by atoms with van der Waals surface area (Å²) in [5.74, 6) is -1.06. The Bertz CT molecular complexity index is 777. The van der Waals surface area contributed by atoms with E-state index in [9.17, 15) is 14.7 Å². The summed E-state index contributed by atoms with van der Waals surface area (Å²) in [5, 5.41) is 13.0. The molecule has 1 heterocycles. The molecular weight excluding hydrogens is 334 g/mol. The van der Waals surface area contributed by atoms with Crippen molar-refractivity contribution in [1.29, 1.82) is 0 Å². The normalized spacial score (nSPS) is 13.8. The highest BCUT2D eigenvalue weighted by molar-refractivity contribution is 7.17. The lowest BCUT2D eigenvalue weighted by atomic mass is 10.1. The highest BCUT2D eigenvalue weighted by Gasteiger charge is 2.25. The van der Waals surface area contributed by atoms with E-state index >= 15 is 0 Å². The number of aromatic carboxylic acids is 1. The maximum absolute atomic E-state index is 12.3. The fourth-order valence-electron chi connectivity index (χ4n) is 3.26. The van der Waals surface area contributed by atoms with Gasteiger partial charge in [-0.1, -0.05) is 36.2 Å². The highest BCUT2D eigenvalue weighted by Crippen LogP contribution is 2.37. The van der Waals surface area contributed by atoms with Crippen LogP contribution in [0.25, 0.3) is 0 Å². The van der Waals surface area contributed by atoms with Gasteiger partial charge in [0.25, 0.3) is 0 Å². The van der Waals surface area contributed by atoms with Crippen molar-refractivity contribution < 1.29 is 14.7 Å². The number of hydrogen-bond acceptors (Lipinski definition) is 3. The first-order valence-corrected chi connectivity index (χ1v) is 9.59. The van der Waals surface area contributed by atoms with E-state index in [0.717, 1.165) is 48.1 Å². The third-order valence-electron chi connectivity index (χ3n) is 4.65. The van der Waals surface area contributed by atoms with Gasteiger partial charge in [0.15, 0.2) is 0 Å². The van der Waals surface area contributed by atoms with E-state index in [0.29, 0.717) is 23.4 Å². The Hall–Kier alpha value is -2.14. The molecule has 0 unspecified atom stereocenters. The lowest BCUT2D eigenvalue weighted by Crippen LogP contribution is -2.14. The molecule has 0 radical (unpaired) electrons. The molecule has 0 saturated heterocycles. The van der Waals surface area contributed by atoms with Crippen molar-refractivity contribution in [1.82, 2.24) is 0 Å². The van der Waals surface area contributed by atoms with Crippen LogP contribution in [0.1, 0.15) is 57.6 Å². The number of nitrogens with one attached hydrogen (secondary N) is 1. The van der Waals surface area contributed by atoms with E-state index in [1.165, 1.54) is 16.9 Å². The van der Waals surface area contributed by atoms with Crippen molar-refractivity contribution in [2.24, 2.45) is 0 Å². The molecule has 0 atom stereocenters. The van der Waals surface area contributed by atoms with Crippen molar-refractivity contribution in [3.63, 3.8) is 0 Å².